The lowest BCUT2D eigenvalue weighted by atomic mass is 9.98. The van der Waals surface area contributed by atoms with Crippen LogP contribution < -0.4 is 10.6 Å². The van der Waals surface area contributed by atoms with Gasteiger partial charge in [0.15, 0.2) is 0 Å². The summed E-state index contributed by atoms with van der Waals surface area (Å²) in [4.78, 5) is 12.3. The topological polar surface area (TPSA) is 41.1 Å². The van der Waals surface area contributed by atoms with Gasteiger partial charge >= 0.3 is 0 Å². The summed E-state index contributed by atoms with van der Waals surface area (Å²) in [6.45, 7) is 8.57. The van der Waals surface area contributed by atoms with E-state index in [0.29, 0.717) is 10.9 Å². The molecule has 3 nitrogen and oxygen atoms in total. The highest BCUT2D eigenvalue weighted by molar-refractivity contribution is 6.30. The molecule has 0 aliphatic carbocycles. The highest BCUT2D eigenvalue weighted by atomic mass is 35.5. The molecule has 1 amide bonds. The molecule has 0 spiro atoms. The number of nitrogens with one attached hydrogen (secondary N) is 2. The largest absolute Gasteiger partial charge is 0.324 e. The zero-order chi connectivity index (χ0) is 17.7. The summed E-state index contributed by atoms with van der Waals surface area (Å²) >= 11 is 5.90. The number of para-hydroxylation sites is 1. The molecule has 0 aromatic heterocycles. The van der Waals surface area contributed by atoms with E-state index in [4.69, 9.17) is 11.6 Å². The zero-order valence-corrected chi connectivity index (χ0v) is 15.4. The fourth-order valence-electron chi connectivity index (χ4n) is 2.64. The van der Waals surface area contributed by atoms with Crippen molar-refractivity contribution in [2.75, 3.05) is 11.9 Å². The quantitative estimate of drug-likeness (QED) is 0.768. The summed E-state index contributed by atoms with van der Waals surface area (Å²) in [6.07, 6.45) is 0. The maximum atomic E-state index is 12.3. The first-order valence-electron chi connectivity index (χ1n) is 8.26. The first-order valence-corrected chi connectivity index (χ1v) is 8.64. The third-order valence-corrected chi connectivity index (χ3v) is 4.38. The van der Waals surface area contributed by atoms with Gasteiger partial charge in [0, 0.05) is 16.8 Å². The Bertz CT molecular complexity index is 695. The Hall–Kier alpha value is -1.84. The molecule has 0 bridgehead atoms. The summed E-state index contributed by atoms with van der Waals surface area (Å²) in [7, 11) is 0. The van der Waals surface area contributed by atoms with Gasteiger partial charge in [-0.1, -0.05) is 55.8 Å². The van der Waals surface area contributed by atoms with Gasteiger partial charge in [-0.25, -0.2) is 0 Å². The van der Waals surface area contributed by atoms with Gasteiger partial charge in [0.1, 0.15) is 0 Å². The number of carbonyl (C=O) groups excluding carboxylic acids is 1. The van der Waals surface area contributed by atoms with Gasteiger partial charge in [-0.15, -0.1) is 0 Å². The monoisotopic (exact) mass is 344 g/mol. The Labute approximate surface area is 149 Å². The lowest BCUT2D eigenvalue weighted by Gasteiger charge is -2.18. The fraction of sp³-hybridized carbons (Fsp3) is 0.350. The first kappa shape index (κ1) is 18.5. The van der Waals surface area contributed by atoms with Crippen LogP contribution in [0.1, 0.15) is 49.4 Å². The molecule has 2 aromatic carbocycles. The molecule has 0 radical (unpaired) electrons. The first-order chi connectivity index (χ1) is 11.4. The van der Waals surface area contributed by atoms with Crippen molar-refractivity contribution in [1.29, 1.82) is 0 Å². The molecule has 24 heavy (non-hydrogen) atoms. The van der Waals surface area contributed by atoms with Crippen LogP contribution in [0, 0.1) is 6.92 Å². The van der Waals surface area contributed by atoms with Crippen molar-refractivity contribution in [3.05, 3.63) is 64.2 Å². The number of amides is 1. The summed E-state index contributed by atoms with van der Waals surface area (Å²) in [5.74, 6) is 0.327. The molecule has 1 atom stereocenters. The number of hydrogen-bond donors (Lipinski definition) is 2. The van der Waals surface area contributed by atoms with Crippen molar-refractivity contribution in [2.45, 2.75) is 39.7 Å². The van der Waals surface area contributed by atoms with E-state index in [-0.39, 0.29) is 18.5 Å². The van der Waals surface area contributed by atoms with Crippen molar-refractivity contribution >= 4 is 23.2 Å². The highest BCUT2D eigenvalue weighted by Crippen LogP contribution is 2.27. The molecule has 0 saturated carbocycles. The second-order valence-electron chi connectivity index (χ2n) is 6.40. The number of anilines is 1. The van der Waals surface area contributed by atoms with E-state index >= 15 is 0 Å². The smallest absolute Gasteiger partial charge is 0.238 e. The number of aryl methyl sites for hydroxylation is 1. The van der Waals surface area contributed by atoms with E-state index in [1.807, 2.05) is 50.2 Å². The highest BCUT2D eigenvalue weighted by Gasteiger charge is 2.13. The minimum Gasteiger partial charge on any atom is -0.324 e. The Morgan fingerprint density at radius 2 is 1.75 bits per heavy atom. The number of carbonyl (C=O) groups is 1. The third-order valence-electron chi connectivity index (χ3n) is 4.13. The van der Waals surface area contributed by atoms with Crippen LogP contribution in [0.5, 0.6) is 0 Å². The normalized spacial score (nSPS) is 12.2. The van der Waals surface area contributed by atoms with E-state index in [1.165, 1.54) is 0 Å². The van der Waals surface area contributed by atoms with Crippen LogP contribution in [0.3, 0.4) is 0 Å². The lowest BCUT2D eigenvalue weighted by molar-refractivity contribution is -0.115. The van der Waals surface area contributed by atoms with E-state index in [0.717, 1.165) is 22.4 Å². The van der Waals surface area contributed by atoms with Crippen molar-refractivity contribution in [2.24, 2.45) is 0 Å². The van der Waals surface area contributed by atoms with Gasteiger partial charge in [0.05, 0.1) is 6.54 Å². The van der Waals surface area contributed by atoms with Crippen LogP contribution in [-0.2, 0) is 4.79 Å². The van der Waals surface area contributed by atoms with E-state index in [1.54, 1.807) is 0 Å². The zero-order valence-electron chi connectivity index (χ0n) is 14.7. The van der Waals surface area contributed by atoms with Gasteiger partial charge in [-0.2, -0.15) is 0 Å². The molecule has 0 unspecified atom stereocenters. The molecule has 2 N–H and O–H groups in total. The second kappa shape index (κ2) is 8.32. The van der Waals surface area contributed by atoms with E-state index in [9.17, 15) is 4.79 Å². The Morgan fingerprint density at radius 3 is 2.38 bits per heavy atom. The maximum absolute atomic E-state index is 12.3. The number of rotatable bonds is 6. The van der Waals surface area contributed by atoms with Crippen LogP contribution >= 0.6 is 11.6 Å². The molecule has 128 valence electrons. The summed E-state index contributed by atoms with van der Waals surface area (Å²) in [5, 5.41) is 7.02. The van der Waals surface area contributed by atoms with Gasteiger partial charge in [0.2, 0.25) is 5.91 Å². The minimum absolute atomic E-state index is 0.0352. The van der Waals surface area contributed by atoms with Gasteiger partial charge in [-0.05, 0) is 48.6 Å². The van der Waals surface area contributed by atoms with Crippen molar-refractivity contribution in [3.8, 4) is 0 Å². The van der Waals surface area contributed by atoms with Crippen molar-refractivity contribution in [3.63, 3.8) is 0 Å². The van der Waals surface area contributed by atoms with Crippen LogP contribution in [0.2, 0.25) is 5.02 Å². The fourth-order valence-corrected chi connectivity index (χ4v) is 2.77. The Kier molecular flexibility index (Phi) is 6.41. The second-order valence-corrected chi connectivity index (χ2v) is 6.83. The predicted molar refractivity (Wildman–Crippen MR) is 102 cm³/mol. The Balaban J connectivity index is 1.98. The summed E-state index contributed by atoms with van der Waals surface area (Å²) < 4.78 is 0. The maximum Gasteiger partial charge on any atom is 0.238 e. The lowest BCUT2D eigenvalue weighted by Crippen LogP contribution is -2.30. The third kappa shape index (κ3) is 4.83. The van der Waals surface area contributed by atoms with Crippen LogP contribution in [0.25, 0.3) is 0 Å². The SMILES string of the molecule is Cc1cccc(C(C)C)c1NC(=O)CN[C@@H](C)c1ccc(Cl)cc1. The van der Waals surface area contributed by atoms with Crippen LogP contribution in [0.15, 0.2) is 42.5 Å². The molecule has 4 heteroatoms. The summed E-state index contributed by atoms with van der Waals surface area (Å²) in [5.41, 5.74) is 4.28. The minimum atomic E-state index is -0.0352. The Morgan fingerprint density at radius 1 is 1.08 bits per heavy atom. The standard InChI is InChI=1S/C20H25ClN2O/c1-13(2)18-7-5-6-14(3)20(18)23-19(24)12-22-15(4)16-8-10-17(21)11-9-16/h5-11,13,15,22H,12H2,1-4H3,(H,23,24)/t15-/m0/s1. The van der Waals surface area contributed by atoms with Crippen LogP contribution in [0.4, 0.5) is 5.69 Å². The van der Waals surface area contributed by atoms with Crippen molar-refractivity contribution in [1.82, 2.24) is 5.32 Å². The molecular formula is C20H25ClN2O. The average Bonchev–Trinajstić information content (AvgIpc) is 2.55. The number of halogens is 1. The molecular weight excluding hydrogens is 320 g/mol. The van der Waals surface area contributed by atoms with Gasteiger partial charge in [-0.3, -0.25) is 4.79 Å². The number of hydrogen-bond acceptors (Lipinski definition) is 2. The van der Waals surface area contributed by atoms with Gasteiger partial charge in [0.25, 0.3) is 0 Å². The van der Waals surface area contributed by atoms with Gasteiger partial charge < -0.3 is 10.6 Å². The molecule has 0 saturated heterocycles. The molecule has 2 rings (SSSR count). The van der Waals surface area contributed by atoms with E-state index < -0.39 is 0 Å². The van der Waals surface area contributed by atoms with E-state index in [2.05, 4.69) is 30.5 Å². The average molecular weight is 345 g/mol. The molecule has 0 aliphatic heterocycles. The molecule has 0 heterocycles. The van der Waals surface area contributed by atoms with Crippen molar-refractivity contribution < 1.29 is 4.79 Å². The predicted octanol–water partition coefficient (Wildman–Crippen LogP) is 5.06. The molecule has 2 aromatic rings. The molecule has 0 aliphatic rings. The molecule has 0 fully saturated rings. The summed E-state index contributed by atoms with van der Waals surface area (Å²) in [6, 6.07) is 13.8. The number of benzene rings is 2. The van der Waals surface area contributed by atoms with Crippen LogP contribution in [-0.4, -0.2) is 12.5 Å².